The second-order valence-electron chi connectivity index (χ2n) is 7.17. The Hall–Kier alpha value is -2.41. The molecule has 2 unspecified atom stereocenters. The van der Waals surface area contributed by atoms with Crippen molar-refractivity contribution < 1.29 is 19.1 Å². The lowest BCUT2D eigenvalue weighted by atomic mass is 10.1. The van der Waals surface area contributed by atoms with E-state index in [1.807, 2.05) is 37.3 Å². The van der Waals surface area contributed by atoms with E-state index < -0.39 is 0 Å². The number of ether oxygens (including phenoxy) is 1. The third-order valence-corrected chi connectivity index (χ3v) is 5.47. The molecule has 0 aliphatic carbocycles. The summed E-state index contributed by atoms with van der Waals surface area (Å²) in [6.45, 7) is 4.56. The van der Waals surface area contributed by atoms with E-state index in [1.54, 1.807) is 14.7 Å². The number of likely N-dealkylation sites (tertiary alicyclic amines) is 1. The zero-order valence-corrected chi connectivity index (χ0v) is 16.0. The van der Waals surface area contributed by atoms with Gasteiger partial charge in [-0.3, -0.25) is 14.4 Å². The first kappa shape index (κ1) is 19.4. The van der Waals surface area contributed by atoms with E-state index in [4.69, 9.17) is 4.74 Å². The van der Waals surface area contributed by atoms with E-state index in [1.165, 1.54) is 7.11 Å². The van der Waals surface area contributed by atoms with Gasteiger partial charge in [0.05, 0.1) is 12.0 Å². The predicted octanol–water partition coefficient (Wildman–Crippen LogP) is 0.913. The first-order valence-corrected chi connectivity index (χ1v) is 9.41. The molecule has 7 nitrogen and oxygen atoms in total. The molecule has 2 saturated heterocycles. The van der Waals surface area contributed by atoms with Crippen molar-refractivity contribution in [2.45, 2.75) is 19.4 Å². The van der Waals surface area contributed by atoms with Crippen molar-refractivity contribution in [3.63, 3.8) is 0 Å². The highest BCUT2D eigenvalue weighted by Crippen LogP contribution is 2.29. The van der Waals surface area contributed by atoms with Gasteiger partial charge < -0.3 is 19.4 Å². The molecular formula is C20H27N3O4. The van der Waals surface area contributed by atoms with Gasteiger partial charge in [-0.05, 0) is 12.5 Å². The number of rotatable bonds is 5. The van der Waals surface area contributed by atoms with E-state index in [9.17, 15) is 14.4 Å². The highest BCUT2D eigenvalue weighted by molar-refractivity contribution is 5.89. The Morgan fingerprint density at radius 3 is 2.37 bits per heavy atom. The molecule has 3 rings (SSSR count). The van der Waals surface area contributed by atoms with Crippen LogP contribution in [0.1, 0.15) is 24.9 Å². The van der Waals surface area contributed by atoms with E-state index in [0.717, 1.165) is 5.56 Å². The van der Waals surface area contributed by atoms with Crippen LogP contribution in [0.3, 0.4) is 0 Å². The van der Waals surface area contributed by atoms with Crippen molar-refractivity contribution in [2.24, 2.45) is 5.92 Å². The standard InChI is InChI=1S/C20H27N3O4/c1-15(16-6-4-3-5-7-16)23-13-17(12-18(23)24)20(26)22-10-8-21(9-11-22)19(25)14-27-2/h3-7,15,17H,8-14H2,1-2H3. The summed E-state index contributed by atoms with van der Waals surface area (Å²) in [5.41, 5.74) is 1.07. The Labute approximate surface area is 159 Å². The molecule has 3 amide bonds. The molecule has 2 fully saturated rings. The van der Waals surface area contributed by atoms with E-state index in [-0.39, 0.29) is 42.7 Å². The van der Waals surface area contributed by atoms with Crippen LogP contribution in [0, 0.1) is 5.92 Å². The van der Waals surface area contributed by atoms with Crippen LogP contribution in [0.25, 0.3) is 0 Å². The van der Waals surface area contributed by atoms with Gasteiger partial charge in [-0.1, -0.05) is 30.3 Å². The van der Waals surface area contributed by atoms with Crippen molar-refractivity contribution >= 4 is 17.7 Å². The summed E-state index contributed by atoms with van der Waals surface area (Å²) in [6.07, 6.45) is 0.263. The van der Waals surface area contributed by atoms with Gasteiger partial charge in [0.25, 0.3) is 0 Å². The lowest BCUT2D eigenvalue weighted by Crippen LogP contribution is -2.52. The maximum atomic E-state index is 12.9. The Balaban J connectivity index is 1.56. The zero-order chi connectivity index (χ0) is 19.4. The van der Waals surface area contributed by atoms with Crippen LogP contribution in [0.5, 0.6) is 0 Å². The molecule has 2 heterocycles. The third-order valence-electron chi connectivity index (χ3n) is 5.47. The van der Waals surface area contributed by atoms with Crippen LogP contribution in [0.2, 0.25) is 0 Å². The Morgan fingerprint density at radius 2 is 1.74 bits per heavy atom. The number of hydrogen-bond acceptors (Lipinski definition) is 4. The van der Waals surface area contributed by atoms with Gasteiger partial charge in [-0.15, -0.1) is 0 Å². The molecule has 27 heavy (non-hydrogen) atoms. The molecule has 0 radical (unpaired) electrons. The van der Waals surface area contributed by atoms with Crippen LogP contribution in [-0.2, 0) is 19.1 Å². The SMILES string of the molecule is COCC(=O)N1CCN(C(=O)C2CC(=O)N(C(C)c3ccccc3)C2)CC1. The maximum Gasteiger partial charge on any atom is 0.248 e. The second-order valence-corrected chi connectivity index (χ2v) is 7.17. The molecular weight excluding hydrogens is 346 g/mol. The third kappa shape index (κ3) is 4.30. The van der Waals surface area contributed by atoms with Crippen molar-refractivity contribution in [3.05, 3.63) is 35.9 Å². The van der Waals surface area contributed by atoms with Crippen LogP contribution < -0.4 is 0 Å². The highest BCUT2D eigenvalue weighted by atomic mass is 16.5. The first-order chi connectivity index (χ1) is 13.0. The van der Waals surface area contributed by atoms with E-state index in [0.29, 0.717) is 32.7 Å². The fourth-order valence-corrected chi connectivity index (χ4v) is 3.83. The Bertz CT molecular complexity index is 686. The number of nitrogens with zero attached hydrogens (tertiary/aromatic N) is 3. The van der Waals surface area contributed by atoms with Gasteiger partial charge in [0.2, 0.25) is 17.7 Å². The number of hydrogen-bond donors (Lipinski definition) is 0. The number of amides is 3. The summed E-state index contributed by atoms with van der Waals surface area (Å²) in [5, 5.41) is 0. The first-order valence-electron chi connectivity index (χ1n) is 9.41. The molecule has 1 aromatic carbocycles. The second kappa shape index (κ2) is 8.52. The molecule has 0 aromatic heterocycles. The van der Waals surface area contributed by atoms with Crippen molar-refractivity contribution in [3.8, 4) is 0 Å². The van der Waals surface area contributed by atoms with Crippen molar-refractivity contribution in [1.29, 1.82) is 0 Å². The summed E-state index contributed by atoms with van der Waals surface area (Å²) in [6, 6.07) is 9.83. The van der Waals surface area contributed by atoms with Crippen LogP contribution in [-0.4, -0.2) is 78.9 Å². The Kier molecular flexibility index (Phi) is 6.11. The highest BCUT2D eigenvalue weighted by Gasteiger charge is 2.39. The summed E-state index contributed by atoms with van der Waals surface area (Å²) in [4.78, 5) is 42.5. The van der Waals surface area contributed by atoms with Gasteiger partial charge in [0, 0.05) is 46.3 Å². The molecule has 146 valence electrons. The topological polar surface area (TPSA) is 70.2 Å². The summed E-state index contributed by atoms with van der Waals surface area (Å²) in [5.74, 6) is -0.308. The minimum Gasteiger partial charge on any atom is -0.375 e. The number of carbonyl (C=O) groups excluding carboxylic acids is 3. The normalized spacial score (nSPS) is 21.5. The van der Waals surface area contributed by atoms with Crippen LogP contribution in [0.4, 0.5) is 0 Å². The summed E-state index contributed by atoms with van der Waals surface area (Å²) in [7, 11) is 1.50. The minimum atomic E-state index is -0.301. The van der Waals surface area contributed by atoms with Crippen LogP contribution >= 0.6 is 0 Å². The zero-order valence-electron chi connectivity index (χ0n) is 16.0. The average Bonchev–Trinajstić information content (AvgIpc) is 3.09. The Morgan fingerprint density at radius 1 is 1.11 bits per heavy atom. The molecule has 2 atom stereocenters. The number of piperazine rings is 1. The fraction of sp³-hybridized carbons (Fsp3) is 0.550. The molecule has 7 heteroatoms. The van der Waals surface area contributed by atoms with Crippen LogP contribution in [0.15, 0.2) is 30.3 Å². The van der Waals surface area contributed by atoms with Gasteiger partial charge in [-0.2, -0.15) is 0 Å². The maximum absolute atomic E-state index is 12.9. The monoisotopic (exact) mass is 373 g/mol. The molecule has 1 aromatic rings. The smallest absolute Gasteiger partial charge is 0.248 e. The summed E-state index contributed by atoms with van der Waals surface area (Å²) >= 11 is 0. The minimum absolute atomic E-state index is 0.0185. The lowest BCUT2D eigenvalue weighted by Gasteiger charge is -2.36. The average molecular weight is 373 g/mol. The van der Waals surface area contributed by atoms with Gasteiger partial charge in [0.15, 0.2) is 0 Å². The molecule has 0 saturated carbocycles. The molecule has 0 N–H and O–H groups in total. The van der Waals surface area contributed by atoms with Crippen molar-refractivity contribution in [2.75, 3.05) is 46.4 Å². The number of methoxy groups -OCH3 is 1. The molecule has 2 aliphatic rings. The molecule has 0 spiro atoms. The van der Waals surface area contributed by atoms with Gasteiger partial charge in [0.1, 0.15) is 6.61 Å². The lowest BCUT2D eigenvalue weighted by molar-refractivity contribution is -0.143. The number of benzene rings is 1. The number of carbonyl (C=O) groups is 3. The van der Waals surface area contributed by atoms with E-state index in [2.05, 4.69) is 0 Å². The van der Waals surface area contributed by atoms with E-state index >= 15 is 0 Å². The largest absolute Gasteiger partial charge is 0.375 e. The van der Waals surface area contributed by atoms with Gasteiger partial charge in [-0.25, -0.2) is 0 Å². The predicted molar refractivity (Wildman–Crippen MR) is 99.7 cm³/mol. The van der Waals surface area contributed by atoms with Gasteiger partial charge >= 0.3 is 0 Å². The summed E-state index contributed by atoms with van der Waals surface area (Å²) < 4.78 is 4.88. The fourth-order valence-electron chi connectivity index (χ4n) is 3.83. The quantitative estimate of drug-likeness (QED) is 0.769. The molecule has 2 aliphatic heterocycles. The van der Waals surface area contributed by atoms with Crippen molar-refractivity contribution in [1.82, 2.24) is 14.7 Å². The molecule has 0 bridgehead atoms.